The maximum atomic E-state index is 11.6. The molecule has 0 bridgehead atoms. The van der Waals surface area contributed by atoms with E-state index in [0.717, 1.165) is 5.56 Å². The molecule has 4 aromatic rings. The highest BCUT2D eigenvalue weighted by Gasteiger charge is 2.48. The molecule has 14 nitrogen and oxygen atoms in total. The first kappa shape index (κ1) is 25.4. The summed E-state index contributed by atoms with van der Waals surface area (Å²) in [7, 11) is 0. The van der Waals surface area contributed by atoms with Crippen molar-refractivity contribution in [2.45, 2.75) is 37.6 Å². The van der Waals surface area contributed by atoms with Crippen molar-refractivity contribution in [2.75, 3.05) is 5.32 Å². The van der Waals surface area contributed by atoms with Crippen LogP contribution < -0.4 is 10.1 Å². The number of aromatic nitrogens is 4. The molecule has 14 heteroatoms. The molecule has 1 aliphatic heterocycles. The van der Waals surface area contributed by atoms with Crippen molar-refractivity contribution in [3.05, 3.63) is 88.3 Å². The number of rotatable bonds is 9. The van der Waals surface area contributed by atoms with Gasteiger partial charge < -0.3 is 25.0 Å². The van der Waals surface area contributed by atoms with Gasteiger partial charge in [0.05, 0.1) is 18.0 Å². The molecule has 0 amide bonds. The zero-order chi connectivity index (χ0) is 27.4. The van der Waals surface area contributed by atoms with Crippen molar-refractivity contribution in [3.8, 4) is 11.8 Å². The number of hydrogen-bond donors (Lipinski definition) is 3. The zero-order valence-electron chi connectivity index (χ0n) is 20.2. The Morgan fingerprint density at radius 1 is 1.26 bits per heavy atom. The number of nitriles is 1. The van der Waals surface area contributed by atoms with E-state index in [0.29, 0.717) is 34.8 Å². The predicted octanol–water partition coefficient (Wildman–Crippen LogP) is 2.91. The summed E-state index contributed by atoms with van der Waals surface area (Å²) in [5.41, 5.74) is 11.5. The maximum Gasteiger partial charge on any atom is 0.333 e. The fourth-order valence-electron chi connectivity index (χ4n) is 4.29. The Labute approximate surface area is 220 Å². The summed E-state index contributed by atoms with van der Waals surface area (Å²) in [5, 5.41) is 36.1. The lowest BCUT2D eigenvalue weighted by Crippen LogP contribution is -2.34. The lowest BCUT2D eigenvalue weighted by Gasteiger charge is -2.17. The van der Waals surface area contributed by atoms with E-state index in [2.05, 4.69) is 36.4 Å². The van der Waals surface area contributed by atoms with Crippen LogP contribution in [0, 0.1) is 11.3 Å². The molecule has 2 aromatic heterocycles. The van der Waals surface area contributed by atoms with Gasteiger partial charge >= 0.3 is 5.97 Å². The highest BCUT2D eigenvalue weighted by atomic mass is 16.6. The van der Waals surface area contributed by atoms with Crippen LogP contribution in [0.2, 0.25) is 0 Å². The lowest BCUT2D eigenvalue weighted by atomic mass is 10.1. The number of anilines is 1. The number of imidazole rings is 1. The lowest BCUT2D eigenvalue weighted by molar-refractivity contribution is -0.152. The summed E-state index contributed by atoms with van der Waals surface area (Å²) in [6, 6.07) is 15.6. The van der Waals surface area contributed by atoms with E-state index < -0.39 is 30.4 Å². The molecule has 3 heterocycles. The molecule has 2 aromatic carbocycles. The van der Waals surface area contributed by atoms with Crippen LogP contribution in [0.1, 0.15) is 22.9 Å². The minimum Gasteiger partial charge on any atom is -0.489 e. The first-order chi connectivity index (χ1) is 19.0. The third-order valence-corrected chi connectivity index (χ3v) is 6.17. The summed E-state index contributed by atoms with van der Waals surface area (Å²) < 4.78 is 12.9. The second-order valence-electron chi connectivity index (χ2n) is 8.58. The maximum absolute atomic E-state index is 11.6. The van der Waals surface area contributed by atoms with Crippen molar-refractivity contribution in [3.63, 3.8) is 0 Å². The Morgan fingerprint density at radius 2 is 2.08 bits per heavy atom. The molecule has 1 aliphatic rings. The van der Waals surface area contributed by atoms with Crippen LogP contribution in [0.5, 0.6) is 5.75 Å². The summed E-state index contributed by atoms with van der Waals surface area (Å²) in [5.74, 6) is -0.434. The smallest absolute Gasteiger partial charge is 0.333 e. The Balaban J connectivity index is 1.39. The third kappa shape index (κ3) is 5.13. The van der Waals surface area contributed by atoms with Crippen LogP contribution in [-0.4, -0.2) is 54.0 Å². The molecule has 4 unspecified atom stereocenters. The van der Waals surface area contributed by atoms with Gasteiger partial charge in [0.1, 0.15) is 30.8 Å². The van der Waals surface area contributed by atoms with Crippen molar-refractivity contribution in [1.29, 1.82) is 5.26 Å². The number of azide groups is 1. The standard InChI is InChI=1S/C25H21N9O5/c26-9-15-6-7-17(38-11-14-4-2-1-3-5-14)16(8-15)10-28-22-19-23(30-12-29-22)34(13-31-19)24-20(35)18(32-33-27)21(39-24)25(36)37/h1-8,12-13,18,20-21,24,35H,10-11H2,(H,36,37)(H,28,29,30). The van der Waals surface area contributed by atoms with Gasteiger partial charge in [0.25, 0.3) is 0 Å². The number of carboxylic acids is 1. The molecule has 3 N–H and O–H groups in total. The van der Waals surface area contributed by atoms with Gasteiger partial charge in [-0.25, -0.2) is 19.7 Å². The second kappa shape index (κ2) is 11.0. The molecular formula is C25H21N9O5. The third-order valence-electron chi connectivity index (χ3n) is 6.17. The highest BCUT2D eigenvalue weighted by Crippen LogP contribution is 2.34. The number of carbonyl (C=O) groups is 1. The van der Waals surface area contributed by atoms with Gasteiger partial charge in [-0.1, -0.05) is 35.4 Å². The number of fused-ring (bicyclic) bond motifs is 1. The van der Waals surface area contributed by atoms with Crippen LogP contribution >= 0.6 is 0 Å². The van der Waals surface area contributed by atoms with Gasteiger partial charge in [-0.3, -0.25) is 4.57 Å². The molecule has 1 saturated heterocycles. The zero-order valence-corrected chi connectivity index (χ0v) is 20.2. The molecular weight excluding hydrogens is 506 g/mol. The topological polar surface area (TPSA) is 204 Å². The van der Waals surface area contributed by atoms with E-state index in [4.69, 9.17) is 15.0 Å². The monoisotopic (exact) mass is 527 g/mol. The predicted molar refractivity (Wildman–Crippen MR) is 135 cm³/mol. The molecule has 0 radical (unpaired) electrons. The molecule has 39 heavy (non-hydrogen) atoms. The fraction of sp³-hybridized carbons (Fsp3) is 0.240. The second-order valence-corrected chi connectivity index (χ2v) is 8.58. The first-order valence-electron chi connectivity index (χ1n) is 11.7. The van der Waals surface area contributed by atoms with Gasteiger partial charge in [-0.2, -0.15) is 5.26 Å². The van der Waals surface area contributed by atoms with Gasteiger partial charge in [0.15, 0.2) is 29.3 Å². The number of nitrogens with zero attached hydrogens (tertiary/aromatic N) is 8. The molecule has 5 rings (SSSR count). The van der Waals surface area contributed by atoms with E-state index in [1.165, 1.54) is 17.2 Å². The first-order valence-corrected chi connectivity index (χ1v) is 11.7. The van der Waals surface area contributed by atoms with E-state index in [-0.39, 0.29) is 12.2 Å². The van der Waals surface area contributed by atoms with Crippen molar-refractivity contribution >= 4 is 23.0 Å². The summed E-state index contributed by atoms with van der Waals surface area (Å²) in [6.45, 7) is 0.584. The molecule has 196 valence electrons. The minimum atomic E-state index is -1.54. The fourth-order valence-corrected chi connectivity index (χ4v) is 4.29. The highest BCUT2D eigenvalue weighted by molar-refractivity contribution is 5.83. The number of hydrogen-bond acceptors (Lipinski definition) is 10. The molecule has 1 fully saturated rings. The normalized spacial score (nSPS) is 20.2. The Hall–Kier alpha value is -5.22. The molecule has 0 spiro atoms. The molecule has 0 saturated carbocycles. The van der Waals surface area contributed by atoms with Crippen LogP contribution in [0.3, 0.4) is 0 Å². The number of ether oxygens (including phenoxy) is 2. The van der Waals surface area contributed by atoms with Gasteiger partial charge in [0, 0.05) is 17.0 Å². The Kier molecular flexibility index (Phi) is 7.19. The Morgan fingerprint density at radius 3 is 2.82 bits per heavy atom. The van der Waals surface area contributed by atoms with Gasteiger partial charge in [-0.15, -0.1) is 0 Å². The summed E-state index contributed by atoms with van der Waals surface area (Å²) in [6.07, 6.45) is -1.59. The van der Waals surface area contributed by atoms with Crippen LogP contribution in [0.25, 0.3) is 21.6 Å². The van der Waals surface area contributed by atoms with Gasteiger partial charge in [-0.05, 0) is 29.3 Å². The number of aliphatic carboxylic acids is 1. The number of aliphatic hydroxyl groups excluding tert-OH is 1. The largest absolute Gasteiger partial charge is 0.489 e. The average molecular weight is 528 g/mol. The number of nitrogens with one attached hydrogen (secondary N) is 1. The van der Waals surface area contributed by atoms with E-state index in [9.17, 15) is 20.3 Å². The van der Waals surface area contributed by atoms with Crippen LogP contribution in [0.4, 0.5) is 5.82 Å². The average Bonchev–Trinajstić information content (AvgIpc) is 3.53. The van der Waals surface area contributed by atoms with Crippen molar-refractivity contribution < 1.29 is 24.5 Å². The Bertz CT molecular complexity index is 1600. The minimum absolute atomic E-state index is 0.237. The van der Waals surface area contributed by atoms with Crippen LogP contribution in [0.15, 0.2) is 66.3 Å². The number of carboxylic acid groups (broad SMARTS) is 1. The summed E-state index contributed by atoms with van der Waals surface area (Å²) in [4.78, 5) is 27.0. The SMILES string of the molecule is N#Cc1ccc(OCc2ccccc2)c(CNc2ncnc3c2ncn3C2OC(C(=O)O)C(N=[N+]=[N-])C2O)c1. The van der Waals surface area contributed by atoms with Crippen LogP contribution in [-0.2, 0) is 22.7 Å². The van der Waals surface area contributed by atoms with Gasteiger partial charge in [0.2, 0.25) is 0 Å². The molecule has 0 aliphatic carbocycles. The van der Waals surface area contributed by atoms with E-state index in [1.807, 2.05) is 30.3 Å². The van der Waals surface area contributed by atoms with Crippen molar-refractivity contribution in [1.82, 2.24) is 19.5 Å². The summed E-state index contributed by atoms with van der Waals surface area (Å²) >= 11 is 0. The number of benzene rings is 2. The van der Waals surface area contributed by atoms with Crippen molar-refractivity contribution in [2.24, 2.45) is 5.11 Å². The van der Waals surface area contributed by atoms with E-state index >= 15 is 0 Å². The number of aliphatic hydroxyl groups is 1. The quantitative estimate of drug-likeness (QED) is 0.165. The molecule has 4 atom stereocenters. The van der Waals surface area contributed by atoms with E-state index in [1.54, 1.807) is 18.2 Å².